The number of rotatable bonds is 18. The first kappa shape index (κ1) is 47.1. The van der Waals surface area contributed by atoms with Crippen molar-refractivity contribution in [3.63, 3.8) is 0 Å². The van der Waals surface area contributed by atoms with Crippen molar-refractivity contribution in [3.8, 4) is 0 Å². The summed E-state index contributed by atoms with van der Waals surface area (Å²) in [4.78, 5) is 81.0. The highest BCUT2D eigenvalue weighted by molar-refractivity contribution is 5.90. The number of esters is 4. The minimum atomic E-state index is -2.07. The van der Waals surface area contributed by atoms with Gasteiger partial charge in [0.05, 0.1) is 6.10 Å². The Labute approximate surface area is 348 Å². The second-order valence-electron chi connectivity index (χ2n) is 19.4. The lowest BCUT2D eigenvalue weighted by Gasteiger charge is -2.66. The molecule has 1 unspecified atom stereocenters. The Bertz CT molecular complexity index is 1650. The van der Waals surface area contributed by atoms with Gasteiger partial charge < -0.3 is 43.0 Å². The number of hydrogen-bond donors (Lipinski definition) is 1. The first-order valence-electron chi connectivity index (χ1n) is 21.3. The maximum Gasteiger partial charge on any atom is 0.332 e. The molecule has 4 aliphatic carbocycles. The third kappa shape index (κ3) is 8.00. The Morgan fingerprint density at radius 2 is 1.29 bits per heavy atom. The van der Waals surface area contributed by atoms with Gasteiger partial charge in [0.2, 0.25) is 0 Å². The monoisotopic (exact) mass is 836 g/mol. The molecule has 12 atom stereocenters. The quantitative estimate of drug-likeness (QED) is 0.115. The van der Waals surface area contributed by atoms with E-state index in [1.807, 2.05) is 27.7 Å². The number of ether oxygens (including phenoxy) is 8. The molecule has 1 N–H and O–H groups in total. The lowest BCUT2D eigenvalue weighted by Crippen LogP contribution is -2.71. The number of aliphatic hydroxyl groups is 1. The smallest absolute Gasteiger partial charge is 0.332 e. The molecule has 0 aromatic carbocycles. The highest BCUT2D eigenvalue weighted by atomic mass is 16.6. The highest BCUT2D eigenvalue weighted by Crippen LogP contribution is 2.79. The van der Waals surface area contributed by atoms with Crippen LogP contribution in [0.15, 0.2) is 0 Å². The first-order valence-corrected chi connectivity index (χ1v) is 21.3. The van der Waals surface area contributed by atoms with Crippen LogP contribution in [0.25, 0.3) is 0 Å². The number of fused-ring (bicyclic) bond motifs is 4. The molecule has 0 aromatic rings. The van der Waals surface area contributed by atoms with E-state index in [1.165, 1.54) is 13.8 Å². The lowest BCUT2D eigenvalue weighted by atomic mass is 9.36. The maximum atomic E-state index is 15.4. The fourth-order valence-electron chi connectivity index (χ4n) is 12.4. The summed E-state index contributed by atoms with van der Waals surface area (Å²) in [6.07, 6.45) is -2.46. The van der Waals surface area contributed by atoms with Gasteiger partial charge in [0.15, 0.2) is 5.78 Å². The average molecular weight is 837 g/mol. The van der Waals surface area contributed by atoms with Crippen molar-refractivity contribution >= 4 is 35.4 Å². The Kier molecular flexibility index (Phi) is 13.3. The zero-order valence-electron chi connectivity index (χ0n) is 37.2. The summed E-state index contributed by atoms with van der Waals surface area (Å²) in [5, 5.41) is 12.5. The second-order valence-corrected chi connectivity index (χ2v) is 19.4. The molecule has 1 saturated heterocycles. The van der Waals surface area contributed by atoms with Crippen LogP contribution in [-0.2, 0) is 66.7 Å². The number of epoxide rings is 1. The Morgan fingerprint density at radius 3 is 1.81 bits per heavy atom. The maximum absolute atomic E-state index is 15.4. The molecule has 5 aliphatic rings. The molecule has 5 rings (SSSR count). The van der Waals surface area contributed by atoms with E-state index in [2.05, 4.69) is 6.92 Å². The minimum Gasteiger partial charge on any atom is -0.460 e. The normalized spacial score (nSPS) is 37.7. The van der Waals surface area contributed by atoms with Crippen molar-refractivity contribution in [2.24, 2.45) is 39.4 Å². The van der Waals surface area contributed by atoms with Gasteiger partial charge in [-0.1, -0.05) is 34.6 Å². The first-order chi connectivity index (χ1) is 27.3. The number of carbonyl (C=O) groups is 6. The van der Waals surface area contributed by atoms with E-state index < -0.39 is 104 Å². The third-order valence-electron chi connectivity index (χ3n) is 15.2. The summed E-state index contributed by atoms with van der Waals surface area (Å²) in [5.74, 6) is -4.92. The van der Waals surface area contributed by atoms with E-state index in [-0.39, 0.29) is 70.4 Å². The number of carbonyl (C=O) groups excluding carboxylic acids is 6. The number of ketones is 2. The van der Waals surface area contributed by atoms with Gasteiger partial charge in [0.1, 0.15) is 60.7 Å². The summed E-state index contributed by atoms with van der Waals surface area (Å²) >= 11 is 0. The Balaban J connectivity index is 1.56. The van der Waals surface area contributed by atoms with Crippen LogP contribution in [0.3, 0.4) is 0 Å². The molecule has 5 fully saturated rings. The fraction of sp³-hybridized carbons (Fsp3) is 0.864. The van der Waals surface area contributed by atoms with Gasteiger partial charge in [-0.2, -0.15) is 0 Å². The molecular weight excluding hydrogens is 768 g/mol. The van der Waals surface area contributed by atoms with Gasteiger partial charge in [0.25, 0.3) is 0 Å². The van der Waals surface area contributed by atoms with Crippen LogP contribution in [0, 0.1) is 39.4 Å². The van der Waals surface area contributed by atoms with E-state index in [1.54, 1.807) is 34.6 Å². The van der Waals surface area contributed by atoms with E-state index >= 15 is 4.79 Å². The summed E-state index contributed by atoms with van der Waals surface area (Å²) in [5.41, 5.74) is -7.86. The van der Waals surface area contributed by atoms with Gasteiger partial charge in [-0.15, -0.1) is 0 Å². The predicted molar refractivity (Wildman–Crippen MR) is 209 cm³/mol. The van der Waals surface area contributed by atoms with Gasteiger partial charge in [-0.25, -0.2) is 14.4 Å². The average Bonchev–Trinajstić information content (AvgIpc) is 3.83. The summed E-state index contributed by atoms with van der Waals surface area (Å²) in [6, 6.07) is 0. The van der Waals surface area contributed by atoms with E-state index in [9.17, 15) is 29.1 Å². The van der Waals surface area contributed by atoms with Crippen molar-refractivity contribution in [3.05, 3.63) is 0 Å². The lowest BCUT2D eigenvalue weighted by molar-refractivity contribution is -0.229. The van der Waals surface area contributed by atoms with Crippen LogP contribution < -0.4 is 0 Å². The molecule has 59 heavy (non-hydrogen) atoms. The second kappa shape index (κ2) is 16.7. The van der Waals surface area contributed by atoms with Crippen LogP contribution in [0.1, 0.15) is 122 Å². The van der Waals surface area contributed by atoms with Crippen LogP contribution >= 0.6 is 0 Å². The SMILES string of the molecule is CCOCC(=O)O[C@H]1C[C@H]2[C@]3(C)C(=O)C[C@]4(C)C([C@@](C)(O)C(=O)CCC(C)(C)OC(C)=O)[C@H](OC(=O)COCC)C[C@@]4(C)[C@@H]3C[C@H]3O[C@]32C(C)(C)[C@@H]1OC(=O)COCC. The highest BCUT2D eigenvalue weighted by Gasteiger charge is 2.85. The number of hydrogen-bond acceptors (Lipinski definition) is 15. The topological polar surface area (TPSA) is 200 Å². The van der Waals surface area contributed by atoms with Crippen molar-refractivity contribution in [2.45, 2.75) is 163 Å². The van der Waals surface area contributed by atoms with Gasteiger partial charge in [-0.05, 0) is 84.0 Å². The van der Waals surface area contributed by atoms with Crippen molar-refractivity contribution in [1.29, 1.82) is 0 Å². The molecule has 0 amide bonds. The molecule has 334 valence electrons. The van der Waals surface area contributed by atoms with Crippen LogP contribution in [0.5, 0.6) is 0 Å². The molecule has 0 radical (unpaired) electrons. The Hall–Kier alpha value is -2.98. The largest absolute Gasteiger partial charge is 0.460 e. The van der Waals surface area contributed by atoms with Gasteiger partial charge in [-0.3, -0.25) is 14.4 Å². The third-order valence-corrected chi connectivity index (χ3v) is 15.2. The van der Waals surface area contributed by atoms with Crippen molar-refractivity contribution in [2.75, 3.05) is 39.6 Å². The summed E-state index contributed by atoms with van der Waals surface area (Å²) in [6.45, 7) is 21.1. The Morgan fingerprint density at radius 1 is 0.763 bits per heavy atom. The van der Waals surface area contributed by atoms with E-state index in [0.29, 0.717) is 19.6 Å². The zero-order chi connectivity index (χ0) is 44.1. The molecule has 15 heteroatoms. The zero-order valence-corrected chi connectivity index (χ0v) is 37.2. The van der Waals surface area contributed by atoms with Crippen LogP contribution in [0.4, 0.5) is 0 Å². The molecular formula is C44H68O15. The number of Topliss-reactive ketones (excluding diaryl/α,β-unsaturated/α-hetero) is 2. The summed E-state index contributed by atoms with van der Waals surface area (Å²) in [7, 11) is 0. The van der Waals surface area contributed by atoms with Crippen LogP contribution in [-0.4, -0.2) is 121 Å². The van der Waals surface area contributed by atoms with Gasteiger partial charge in [0, 0.05) is 62.3 Å². The van der Waals surface area contributed by atoms with Crippen molar-refractivity contribution in [1.82, 2.24) is 0 Å². The van der Waals surface area contributed by atoms with Gasteiger partial charge >= 0.3 is 23.9 Å². The van der Waals surface area contributed by atoms with Crippen molar-refractivity contribution < 1.29 is 71.8 Å². The molecule has 15 nitrogen and oxygen atoms in total. The van der Waals surface area contributed by atoms with E-state index in [4.69, 9.17) is 37.9 Å². The van der Waals surface area contributed by atoms with E-state index in [0.717, 1.165) is 0 Å². The predicted octanol–water partition coefficient (Wildman–Crippen LogP) is 4.49. The molecule has 1 aliphatic heterocycles. The summed E-state index contributed by atoms with van der Waals surface area (Å²) < 4.78 is 46.7. The molecule has 0 aromatic heterocycles. The molecule has 1 heterocycles. The fourth-order valence-corrected chi connectivity index (χ4v) is 12.4. The molecule has 4 saturated carbocycles. The standard InChI is InChI=1S/C44H68O15/c1-13-52-22-33(48)55-26-18-29-42(11)28(19-32-44(29,59-32)39(7,8)37(26)57-35(50)24-54-15-3)40(9)20-27(56-34(49)23-53-14-2)36(41(40,10)21-31(42)47)43(12,51)30(46)16-17-38(5,6)58-25(4)45/h26-29,32,36-37,51H,13-24H2,1-12H3/t26-,27+,28-,29-,32+,36?,37+,40-,41+,42+,43-,44-/m0/s1. The molecule has 0 bridgehead atoms. The molecule has 1 spiro atoms. The van der Waals surface area contributed by atoms with Crippen LogP contribution in [0.2, 0.25) is 0 Å². The minimum absolute atomic E-state index is 0.0533.